The van der Waals surface area contributed by atoms with Gasteiger partial charge in [0.15, 0.2) is 0 Å². The molecule has 1 aromatic carbocycles. The van der Waals surface area contributed by atoms with Crippen LogP contribution >= 0.6 is 0 Å². The van der Waals surface area contributed by atoms with Gasteiger partial charge >= 0.3 is 0 Å². The lowest BCUT2D eigenvalue weighted by molar-refractivity contribution is 0.0881. The van der Waals surface area contributed by atoms with Crippen LogP contribution in [0.15, 0.2) is 33.8 Å². The molecule has 0 saturated carbocycles. The predicted molar refractivity (Wildman–Crippen MR) is 79.9 cm³/mol. The summed E-state index contributed by atoms with van der Waals surface area (Å²) in [6.07, 6.45) is 0. The Morgan fingerprint density at radius 2 is 2.19 bits per heavy atom. The smallest absolute Gasteiger partial charge is 0.260 e. The summed E-state index contributed by atoms with van der Waals surface area (Å²) in [5.41, 5.74) is 0.0874. The number of hydrogen-bond donors (Lipinski definition) is 1. The number of aromatic nitrogens is 2. The lowest BCUT2D eigenvalue weighted by atomic mass is 10.1. The van der Waals surface area contributed by atoms with Gasteiger partial charge in [-0.3, -0.25) is 5.01 Å². The van der Waals surface area contributed by atoms with Gasteiger partial charge in [-0.2, -0.15) is 5.10 Å². The maximum atomic E-state index is 10.3. The molecule has 0 aliphatic carbocycles. The number of aliphatic hydroxyl groups is 1. The van der Waals surface area contributed by atoms with E-state index >= 15 is 0 Å². The first-order valence-corrected chi connectivity index (χ1v) is 6.29. The molecule has 0 aliphatic heterocycles. The quantitative estimate of drug-likeness (QED) is 0.527. The van der Waals surface area contributed by atoms with Gasteiger partial charge in [-0.1, -0.05) is 17.9 Å². The Kier molecular flexibility index (Phi) is 4.05. The van der Waals surface area contributed by atoms with Gasteiger partial charge in [0.25, 0.3) is 5.89 Å². The first-order chi connectivity index (χ1) is 9.92. The Balaban J connectivity index is 2.28. The van der Waals surface area contributed by atoms with Crippen molar-refractivity contribution in [3.05, 3.63) is 41.6 Å². The van der Waals surface area contributed by atoms with Crippen LogP contribution in [-0.2, 0) is 5.60 Å². The van der Waals surface area contributed by atoms with Crippen LogP contribution in [0.25, 0.3) is 0 Å². The number of hydrazone groups is 1. The molecular weight excluding hydrogens is 268 g/mol. The van der Waals surface area contributed by atoms with Gasteiger partial charge in [0.05, 0.1) is 5.69 Å². The topological polar surface area (TPSA) is 74.8 Å². The normalized spacial score (nSPS) is 13.0. The van der Waals surface area contributed by atoms with Gasteiger partial charge in [0.1, 0.15) is 0 Å². The standard InChI is InChI=1S/C15H16N4O2/c1-11-17-18-14(21-11)15(2,20)9-8-12-6-5-7-13(10-12)19(4)16-3/h5-7,10,20H,3H2,1-2,4H3. The van der Waals surface area contributed by atoms with Crippen molar-refractivity contribution in [3.8, 4) is 11.8 Å². The largest absolute Gasteiger partial charge is 0.421 e. The minimum atomic E-state index is -1.50. The minimum Gasteiger partial charge on any atom is -0.421 e. The molecule has 1 aromatic heterocycles. The highest BCUT2D eigenvalue weighted by molar-refractivity contribution is 5.53. The molecule has 0 spiro atoms. The molecule has 6 heteroatoms. The van der Waals surface area contributed by atoms with Crippen LogP contribution in [0.5, 0.6) is 0 Å². The fraction of sp³-hybridized carbons (Fsp3) is 0.267. The van der Waals surface area contributed by atoms with E-state index in [-0.39, 0.29) is 5.89 Å². The third-order valence-electron chi connectivity index (χ3n) is 2.82. The Morgan fingerprint density at radius 1 is 1.43 bits per heavy atom. The third-order valence-corrected chi connectivity index (χ3v) is 2.82. The summed E-state index contributed by atoms with van der Waals surface area (Å²) in [4.78, 5) is 0. The van der Waals surface area contributed by atoms with Crippen LogP contribution < -0.4 is 5.01 Å². The van der Waals surface area contributed by atoms with E-state index in [1.807, 2.05) is 24.3 Å². The van der Waals surface area contributed by atoms with E-state index in [1.54, 1.807) is 19.0 Å². The second-order valence-corrected chi connectivity index (χ2v) is 4.66. The van der Waals surface area contributed by atoms with Crippen molar-refractivity contribution < 1.29 is 9.52 Å². The molecular formula is C15H16N4O2. The van der Waals surface area contributed by atoms with Crippen LogP contribution in [0.1, 0.15) is 24.3 Å². The number of nitrogens with zero attached hydrogens (tertiary/aromatic N) is 4. The van der Waals surface area contributed by atoms with Crippen LogP contribution in [0.2, 0.25) is 0 Å². The molecule has 1 atom stereocenters. The number of hydrogen-bond acceptors (Lipinski definition) is 6. The molecule has 0 amide bonds. The van der Waals surface area contributed by atoms with Gasteiger partial charge in [-0.15, -0.1) is 10.2 Å². The van der Waals surface area contributed by atoms with Gasteiger partial charge < -0.3 is 9.52 Å². The third kappa shape index (κ3) is 3.46. The molecule has 0 radical (unpaired) electrons. The molecule has 2 rings (SSSR count). The Labute approximate surface area is 123 Å². The Hall–Kier alpha value is -2.65. The van der Waals surface area contributed by atoms with Crippen molar-refractivity contribution in [2.45, 2.75) is 19.4 Å². The summed E-state index contributed by atoms with van der Waals surface area (Å²) >= 11 is 0. The number of anilines is 1. The summed E-state index contributed by atoms with van der Waals surface area (Å²) in [5.74, 6) is 6.09. The second kappa shape index (κ2) is 5.77. The number of aryl methyl sites for hydroxylation is 1. The highest BCUT2D eigenvalue weighted by Crippen LogP contribution is 2.19. The van der Waals surface area contributed by atoms with Crippen molar-refractivity contribution in [2.75, 3.05) is 12.1 Å². The molecule has 1 N–H and O–H groups in total. The van der Waals surface area contributed by atoms with Crippen LogP contribution in [0.4, 0.5) is 5.69 Å². The lowest BCUT2D eigenvalue weighted by Gasteiger charge is -2.12. The molecule has 108 valence electrons. The zero-order valence-electron chi connectivity index (χ0n) is 12.2. The van der Waals surface area contributed by atoms with Crippen molar-refractivity contribution in [1.29, 1.82) is 0 Å². The lowest BCUT2D eigenvalue weighted by Crippen LogP contribution is -2.19. The highest BCUT2D eigenvalue weighted by atomic mass is 16.4. The van der Waals surface area contributed by atoms with E-state index in [1.165, 1.54) is 6.92 Å². The van der Waals surface area contributed by atoms with Crippen LogP contribution in [0.3, 0.4) is 0 Å². The summed E-state index contributed by atoms with van der Waals surface area (Å²) in [6, 6.07) is 7.42. The van der Waals surface area contributed by atoms with Crippen molar-refractivity contribution >= 4 is 12.4 Å². The second-order valence-electron chi connectivity index (χ2n) is 4.66. The van der Waals surface area contributed by atoms with Gasteiger partial charge in [0.2, 0.25) is 11.5 Å². The van der Waals surface area contributed by atoms with Crippen LogP contribution in [-0.4, -0.2) is 29.1 Å². The minimum absolute atomic E-state index is 0.0773. The van der Waals surface area contributed by atoms with Crippen molar-refractivity contribution in [3.63, 3.8) is 0 Å². The molecule has 1 heterocycles. The van der Waals surface area contributed by atoms with E-state index in [0.29, 0.717) is 5.89 Å². The maximum absolute atomic E-state index is 10.3. The summed E-state index contributed by atoms with van der Waals surface area (Å²) < 4.78 is 5.21. The fourth-order valence-electron chi connectivity index (χ4n) is 1.61. The Morgan fingerprint density at radius 3 is 2.81 bits per heavy atom. The number of benzene rings is 1. The molecule has 6 nitrogen and oxygen atoms in total. The fourth-order valence-corrected chi connectivity index (χ4v) is 1.61. The molecule has 2 aromatic rings. The van der Waals surface area contributed by atoms with E-state index in [9.17, 15) is 5.11 Å². The molecule has 0 aliphatic rings. The molecule has 1 unspecified atom stereocenters. The van der Waals surface area contributed by atoms with Crippen molar-refractivity contribution in [1.82, 2.24) is 10.2 Å². The SMILES string of the molecule is C=NN(C)c1cccc(C#CC(C)(O)c2nnc(C)o2)c1. The monoisotopic (exact) mass is 284 g/mol. The summed E-state index contributed by atoms with van der Waals surface area (Å²) in [6.45, 7) is 6.63. The Bertz CT molecular complexity index is 710. The molecule has 0 bridgehead atoms. The summed E-state index contributed by atoms with van der Waals surface area (Å²) in [7, 11) is 1.79. The highest BCUT2D eigenvalue weighted by Gasteiger charge is 2.27. The maximum Gasteiger partial charge on any atom is 0.260 e. The average Bonchev–Trinajstić information content (AvgIpc) is 2.92. The van der Waals surface area contributed by atoms with Crippen LogP contribution in [0, 0.1) is 18.8 Å². The van der Waals surface area contributed by atoms with Gasteiger partial charge in [-0.25, -0.2) is 0 Å². The first kappa shape index (κ1) is 14.8. The average molecular weight is 284 g/mol. The van der Waals surface area contributed by atoms with E-state index < -0.39 is 5.60 Å². The molecule has 0 fully saturated rings. The first-order valence-electron chi connectivity index (χ1n) is 6.29. The number of rotatable bonds is 3. The predicted octanol–water partition coefficient (Wildman–Crippen LogP) is 1.69. The van der Waals surface area contributed by atoms with E-state index in [2.05, 4.69) is 33.9 Å². The van der Waals surface area contributed by atoms with E-state index in [0.717, 1.165) is 11.3 Å². The zero-order chi connectivity index (χ0) is 15.5. The molecule has 21 heavy (non-hydrogen) atoms. The van der Waals surface area contributed by atoms with Crippen molar-refractivity contribution in [2.24, 2.45) is 5.10 Å². The zero-order valence-corrected chi connectivity index (χ0v) is 12.2. The van der Waals surface area contributed by atoms with Gasteiger partial charge in [-0.05, 0) is 25.1 Å². The van der Waals surface area contributed by atoms with Gasteiger partial charge in [0, 0.05) is 26.3 Å². The summed E-state index contributed by atoms with van der Waals surface area (Å²) in [5, 5.41) is 23.2. The molecule has 0 saturated heterocycles. The van der Waals surface area contributed by atoms with E-state index in [4.69, 9.17) is 4.42 Å².